The van der Waals surface area contributed by atoms with Crippen molar-refractivity contribution in [2.45, 2.75) is 44.9 Å². The molecule has 20 heavy (non-hydrogen) atoms. The smallest absolute Gasteiger partial charge is 0.237 e. The van der Waals surface area contributed by atoms with Crippen molar-refractivity contribution in [1.82, 2.24) is 15.1 Å². The molecule has 3 rings (SSSR count). The standard InChI is InChI=1S/C15H17N3O2/c1-10-6-5-9-16-13(10)14-17-15(20-18-14)11-7-3-2-4-8-12(11)19/h5-6,9,11H,2-4,7-8H2,1H3. The molecule has 0 amide bonds. The van der Waals surface area contributed by atoms with Gasteiger partial charge < -0.3 is 4.52 Å². The maximum atomic E-state index is 12.1. The molecular formula is C15H17N3O2. The van der Waals surface area contributed by atoms with Gasteiger partial charge in [-0.2, -0.15) is 4.98 Å². The minimum Gasteiger partial charge on any atom is -0.338 e. The zero-order valence-electron chi connectivity index (χ0n) is 11.5. The van der Waals surface area contributed by atoms with Gasteiger partial charge >= 0.3 is 0 Å². The summed E-state index contributed by atoms with van der Waals surface area (Å²) in [6, 6.07) is 3.82. The van der Waals surface area contributed by atoms with E-state index in [1.807, 2.05) is 19.1 Å². The van der Waals surface area contributed by atoms with Gasteiger partial charge in [0, 0.05) is 12.6 Å². The van der Waals surface area contributed by atoms with Crippen LogP contribution in [0.15, 0.2) is 22.9 Å². The van der Waals surface area contributed by atoms with E-state index >= 15 is 0 Å². The van der Waals surface area contributed by atoms with Crippen molar-refractivity contribution in [1.29, 1.82) is 0 Å². The van der Waals surface area contributed by atoms with E-state index in [1.54, 1.807) is 6.20 Å². The first-order chi connectivity index (χ1) is 9.75. The van der Waals surface area contributed by atoms with Crippen LogP contribution in [-0.2, 0) is 4.79 Å². The highest BCUT2D eigenvalue weighted by Gasteiger charge is 2.28. The summed E-state index contributed by atoms with van der Waals surface area (Å²) in [5.41, 5.74) is 1.70. The molecule has 104 valence electrons. The molecule has 2 aromatic heterocycles. The number of aromatic nitrogens is 3. The molecule has 5 nitrogen and oxygen atoms in total. The predicted molar refractivity (Wildman–Crippen MR) is 73.1 cm³/mol. The van der Waals surface area contributed by atoms with E-state index in [0.29, 0.717) is 23.8 Å². The van der Waals surface area contributed by atoms with Crippen molar-refractivity contribution in [3.05, 3.63) is 29.8 Å². The molecule has 0 radical (unpaired) electrons. The first-order valence-electron chi connectivity index (χ1n) is 7.04. The Kier molecular flexibility index (Phi) is 3.58. The monoisotopic (exact) mass is 271 g/mol. The van der Waals surface area contributed by atoms with Gasteiger partial charge in [0.2, 0.25) is 11.7 Å². The van der Waals surface area contributed by atoms with Gasteiger partial charge in [-0.15, -0.1) is 0 Å². The van der Waals surface area contributed by atoms with E-state index in [9.17, 15) is 4.79 Å². The fourth-order valence-corrected chi connectivity index (χ4v) is 2.61. The number of rotatable bonds is 2. The van der Waals surface area contributed by atoms with Crippen LogP contribution in [0.2, 0.25) is 0 Å². The number of hydrogen-bond acceptors (Lipinski definition) is 5. The molecule has 1 fully saturated rings. The maximum absolute atomic E-state index is 12.1. The second kappa shape index (κ2) is 5.53. The third-order valence-corrected chi connectivity index (χ3v) is 3.77. The zero-order chi connectivity index (χ0) is 13.9. The van der Waals surface area contributed by atoms with Crippen molar-refractivity contribution in [3.63, 3.8) is 0 Å². The van der Waals surface area contributed by atoms with Crippen molar-refractivity contribution in [2.24, 2.45) is 0 Å². The highest BCUT2D eigenvalue weighted by molar-refractivity contribution is 5.85. The molecule has 0 spiro atoms. The first kappa shape index (κ1) is 13.0. The number of Topliss-reactive ketones (excluding diaryl/α,β-unsaturated/α-hetero) is 1. The van der Waals surface area contributed by atoms with Crippen molar-refractivity contribution >= 4 is 5.78 Å². The molecule has 0 aliphatic heterocycles. The Morgan fingerprint density at radius 2 is 2.20 bits per heavy atom. The van der Waals surface area contributed by atoms with Crippen LogP contribution < -0.4 is 0 Å². The second-order valence-electron chi connectivity index (χ2n) is 5.24. The van der Waals surface area contributed by atoms with E-state index < -0.39 is 0 Å². The van der Waals surface area contributed by atoms with Gasteiger partial charge in [-0.3, -0.25) is 9.78 Å². The van der Waals surface area contributed by atoms with E-state index in [4.69, 9.17) is 4.52 Å². The Balaban J connectivity index is 1.90. The van der Waals surface area contributed by atoms with E-state index in [1.165, 1.54) is 0 Å². The third-order valence-electron chi connectivity index (χ3n) is 3.77. The fourth-order valence-electron chi connectivity index (χ4n) is 2.61. The Hall–Kier alpha value is -2.04. The van der Waals surface area contributed by atoms with Crippen LogP contribution >= 0.6 is 0 Å². The number of carbonyl (C=O) groups excluding carboxylic acids is 1. The lowest BCUT2D eigenvalue weighted by atomic mass is 9.99. The van der Waals surface area contributed by atoms with Crippen LogP contribution in [-0.4, -0.2) is 20.9 Å². The van der Waals surface area contributed by atoms with Crippen molar-refractivity contribution in [3.8, 4) is 11.5 Å². The summed E-state index contributed by atoms with van der Waals surface area (Å²) in [6.45, 7) is 1.95. The molecule has 0 saturated heterocycles. The maximum Gasteiger partial charge on any atom is 0.237 e. The molecule has 2 heterocycles. The van der Waals surface area contributed by atoms with Gasteiger partial charge in [0.25, 0.3) is 0 Å². The zero-order valence-corrected chi connectivity index (χ0v) is 11.5. The molecule has 0 aromatic carbocycles. The molecule has 1 atom stereocenters. The Bertz CT molecular complexity index is 621. The number of carbonyl (C=O) groups is 1. The highest BCUT2D eigenvalue weighted by atomic mass is 16.5. The summed E-state index contributed by atoms with van der Waals surface area (Å²) in [5.74, 6) is 0.894. The molecule has 0 bridgehead atoms. The Morgan fingerprint density at radius 3 is 3.05 bits per heavy atom. The molecule has 1 unspecified atom stereocenters. The first-order valence-corrected chi connectivity index (χ1v) is 7.04. The van der Waals surface area contributed by atoms with Gasteiger partial charge in [-0.1, -0.05) is 24.1 Å². The fraction of sp³-hybridized carbons (Fsp3) is 0.467. The average Bonchev–Trinajstić information content (AvgIpc) is 2.82. The van der Waals surface area contributed by atoms with Gasteiger partial charge in [0.05, 0.1) is 5.92 Å². The molecule has 0 N–H and O–H groups in total. The van der Waals surface area contributed by atoms with Crippen molar-refractivity contribution < 1.29 is 9.32 Å². The predicted octanol–water partition coefficient (Wildman–Crippen LogP) is 3.06. The largest absolute Gasteiger partial charge is 0.338 e. The summed E-state index contributed by atoms with van der Waals surface area (Å²) in [6.07, 6.45) is 6.23. The highest BCUT2D eigenvalue weighted by Crippen LogP contribution is 2.29. The van der Waals surface area contributed by atoms with Gasteiger partial charge in [0.1, 0.15) is 11.5 Å². The van der Waals surface area contributed by atoms with E-state index in [2.05, 4.69) is 15.1 Å². The minimum absolute atomic E-state index is 0.218. The summed E-state index contributed by atoms with van der Waals surface area (Å²) in [7, 11) is 0. The average molecular weight is 271 g/mol. The number of aryl methyl sites for hydroxylation is 1. The summed E-state index contributed by atoms with van der Waals surface area (Å²) in [4.78, 5) is 20.8. The number of hydrogen-bond donors (Lipinski definition) is 0. The number of nitrogens with zero attached hydrogens (tertiary/aromatic N) is 3. The Morgan fingerprint density at radius 1 is 1.30 bits per heavy atom. The number of ketones is 1. The summed E-state index contributed by atoms with van der Waals surface area (Å²) < 4.78 is 5.32. The minimum atomic E-state index is -0.234. The molecule has 1 aliphatic rings. The third kappa shape index (κ3) is 2.48. The van der Waals surface area contributed by atoms with Crippen molar-refractivity contribution in [2.75, 3.05) is 0 Å². The lowest BCUT2D eigenvalue weighted by Gasteiger charge is -2.06. The SMILES string of the molecule is Cc1cccnc1-c1noc(C2CCCCCC2=O)n1. The van der Waals surface area contributed by atoms with Gasteiger partial charge in [-0.05, 0) is 31.4 Å². The lowest BCUT2D eigenvalue weighted by Crippen LogP contribution is -2.10. The van der Waals surface area contributed by atoms with Crippen LogP contribution in [0.1, 0.15) is 49.5 Å². The second-order valence-corrected chi connectivity index (χ2v) is 5.24. The molecule has 5 heteroatoms. The lowest BCUT2D eigenvalue weighted by molar-refractivity contribution is -0.120. The molecule has 1 aliphatic carbocycles. The van der Waals surface area contributed by atoms with Crippen LogP contribution in [0.5, 0.6) is 0 Å². The molecule has 2 aromatic rings. The summed E-state index contributed by atoms with van der Waals surface area (Å²) >= 11 is 0. The molecular weight excluding hydrogens is 254 g/mol. The normalized spacial score (nSPS) is 19.9. The number of pyridine rings is 1. The summed E-state index contributed by atoms with van der Waals surface area (Å²) in [5, 5.41) is 3.99. The quantitative estimate of drug-likeness (QED) is 0.785. The van der Waals surface area contributed by atoms with Gasteiger partial charge in [-0.25, -0.2) is 0 Å². The Labute approximate surface area is 117 Å². The van der Waals surface area contributed by atoms with Crippen LogP contribution in [0.3, 0.4) is 0 Å². The van der Waals surface area contributed by atoms with Crippen LogP contribution in [0, 0.1) is 6.92 Å². The van der Waals surface area contributed by atoms with E-state index in [-0.39, 0.29) is 11.7 Å². The van der Waals surface area contributed by atoms with E-state index in [0.717, 1.165) is 31.2 Å². The topological polar surface area (TPSA) is 68.9 Å². The van der Waals surface area contributed by atoms with Crippen LogP contribution in [0.25, 0.3) is 11.5 Å². The molecule has 1 saturated carbocycles. The van der Waals surface area contributed by atoms with Crippen LogP contribution in [0.4, 0.5) is 0 Å². The van der Waals surface area contributed by atoms with Gasteiger partial charge in [0.15, 0.2) is 0 Å².